The maximum absolute atomic E-state index is 11.9. The number of anilines is 1. The van der Waals surface area contributed by atoms with E-state index >= 15 is 0 Å². The van der Waals surface area contributed by atoms with Crippen molar-refractivity contribution < 1.29 is 4.79 Å². The van der Waals surface area contributed by atoms with E-state index in [4.69, 9.17) is 23.2 Å². The number of carbonyl (C=O) groups is 1. The highest BCUT2D eigenvalue weighted by molar-refractivity contribution is 6.34. The first-order valence-corrected chi connectivity index (χ1v) is 5.59. The zero-order valence-corrected chi connectivity index (χ0v) is 10.2. The van der Waals surface area contributed by atoms with Gasteiger partial charge >= 0.3 is 0 Å². The molecule has 0 fully saturated rings. The molecule has 1 aromatic carbocycles. The van der Waals surface area contributed by atoms with E-state index in [0.29, 0.717) is 21.3 Å². The molecule has 0 aliphatic rings. The number of hydrogen-bond acceptors (Lipinski definition) is 2. The molecular weight excluding hydrogens is 259 g/mol. The van der Waals surface area contributed by atoms with Crippen molar-refractivity contribution in [3.63, 3.8) is 0 Å². The lowest BCUT2D eigenvalue weighted by Crippen LogP contribution is -2.12. The maximum Gasteiger partial charge on any atom is 0.258 e. The van der Waals surface area contributed by atoms with E-state index in [-0.39, 0.29) is 5.91 Å². The van der Waals surface area contributed by atoms with Crippen LogP contribution in [-0.4, -0.2) is 10.9 Å². The number of amides is 1. The summed E-state index contributed by atoms with van der Waals surface area (Å²) < 4.78 is 0. The monoisotopic (exact) mass is 266 g/mol. The summed E-state index contributed by atoms with van der Waals surface area (Å²) in [6, 6.07) is 8.45. The molecule has 2 aromatic rings. The molecule has 2 rings (SSSR count). The van der Waals surface area contributed by atoms with Crippen LogP contribution < -0.4 is 5.32 Å². The fourth-order valence-corrected chi connectivity index (χ4v) is 1.69. The van der Waals surface area contributed by atoms with Gasteiger partial charge in [0.25, 0.3) is 5.91 Å². The second-order valence-electron chi connectivity index (χ2n) is 3.32. The van der Waals surface area contributed by atoms with Crippen LogP contribution in [0.3, 0.4) is 0 Å². The lowest BCUT2D eigenvalue weighted by molar-refractivity contribution is 0.102. The van der Waals surface area contributed by atoms with Crippen molar-refractivity contribution in [3.05, 3.63) is 58.3 Å². The second kappa shape index (κ2) is 5.17. The average molecular weight is 267 g/mol. The molecule has 0 atom stereocenters. The maximum atomic E-state index is 11.9. The highest BCUT2D eigenvalue weighted by Crippen LogP contribution is 2.18. The number of nitrogens with one attached hydrogen (secondary N) is 1. The van der Waals surface area contributed by atoms with Crippen LogP contribution in [0.4, 0.5) is 5.69 Å². The SMILES string of the molecule is O=C(Nc1cccc(Cl)c1)c1cnccc1Cl. The van der Waals surface area contributed by atoms with Crippen molar-refractivity contribution in [3.8, 4) is 0 Å². The van der Waals surface area contributed by atoms with Gasteiger partial charge in [-0.1, -0.05) is 29.3 Å². The van der Waals surface area contributed by atoms with Gasteiger partial charge in [0.1, 0.15) is 0 Å². The predicted octanol–water partition coefficient (Wildman–Crippen LogP) is 3.64. The molecule has 1 N–H and O–H groups in total. The van der Waals surface area contributed by atoms with Crippen molar-refractivity contribution in [2.75, 3.05) is 5.32 Å². The topological polar surface area (TPSA) is 42.0 Å². The normalized spacial score (nSPS) is 10.0. The fraction of sp³-hybridized carbons (Fsp3) is 0. The molecule has 1 amide bonds. The Kier molecular flexibility index (Phi) is 3.61. The summed E-state index contributed by atoms with van der Waals surface area (Å²) in [5.41, 5.74) is 0.941. The summed E-state index contributed by atoms with van der Waals surface area (Å²) >= 11 is 11.7. The molecule has 5 heteroatoms. The number of benzene rings is 1. The molecule has 86 valence electrons. The molecular formula is C12H8Cl2N2O. The Bertz CT molecular complexity index is 558. The third kappa shape index (κ3) is 2.96. The summed E-state index contributed by atoms with van der Waals surface area (Å²) in [7, 11) is 0. The van der Waals surface area contributed by atoms with Crippen LogP contribution in [-0.2, 0) is 0 Å². The molecule has 0 bridgehead atoms. The van der Waals surface area contributed by atoms with Crippen LogP contribution >= 0.6 is 23.2 Å². The van der Waals surface area contributed by atoms with Crippen molar-refractivity contribution >= 4 is 34.8 Å². The van der Waals surface area contributed by atoms with E-state index in [1.165, 1.54) is 12.4 Å². The Morgan fingerprint density at radius 3 is 2.76 bits per heavy atom. The lowest BCUT2D eigenvalue weighted by Gasteiger charge is -2.06. The summed E-state index contributed by atoms with van der Waals surface area (Å²) in [6.07, 6.45) is 2.95. The molecule has 1 heterocycles. The van der Waals surface area contributed by atoms with Crippen LogP contribution in [0.1, 0.15) is 10.4 Å². The third-order valence-electron chi connectivity index (χ3n) is 2.09. The van der Waals surface area contributed by atoms with Crippen molar-refractivity contribution in [1.82, 2.24) is 4.98 Å². The Balaban J connectivity index is 2.20. The number of hydrogen-bond donors (Lipinski definition) is 1. The summed E-state index contributed by atoms with van der Waals surface area (Å²) in [5.74, 6) is -0.314. The largest absolute Gasteiger partial charge is 0.322 e. The molecule has 0 saturated heterocycles. The van der Waals surface area contributed by atoms with Gasteiger partial charge < -0.3 is 5.32 Å². The zero-order valence-electron chi connectivity index (χ0n) is 8.65. The molecule has 0 radical (unpaired) electrons. The van der Waals surface area contributed by atoms with Gasteiger partial charge in [-0.25, -0.2) is 0 Å². The number of pyridine rings is 1. The van der Waals surface area contributed by atoms with Crippen LogP contribution in [0.15, 0.2) is 42.7 Å². The summed E-state index contributed by atoms with van der Waals surface area (Å²) in [6.45, 7) is 0. The number of aromatic nitrogens is 1. The Hall–Kier alpha value is -1.58. The zero-order chi connectivity index (χ0) is 12.3. The molecule has 0 unspecified atom stereocenters. The van der Waals surface area contributed by atoms with Gasteiger partial charge in [-0.2, -0.15) is 0 Å². The van der Waals surface area contributed by atoms with Gasteiger partial charge in [-0.15, -0.1) is 0 Å². The van der Waals surface area contributed by atoms with E-state index in [9.17, 15) is 4.79 Å². The van der Waals surface area contributed by atoms with E-state index in [1.807, 2.05) is 0 Å². The number of carbonyl (C=O) groups excluding carboxylic acids is 1. The highest BCUT2D eigenvalue weighted by Gasteiger charge is 2.10. The van der Waals surface area contributed by atoms with Gasteiger partial charge in [-0.05, 0) is 24.3 Å². The molecule has 3 nitrogen and oxygen atoms in total. The quantitative estimate of drug-likeness (QED) is 0.902. The van der Waals surface area contributed by atoms with Gasteiger partial charge in [0.05, 0.1) is 10.6 Å². The first-order chi connectivity index (χ1) is 8.16. The molecule has 0 aliphatic heterocycles. The Morgan fingerprint density at radius 1 is 1.24 bits per heavy atom. The third-order valence-corrected chi connectivity index (χ3v) is 2.66. The second-order valence-corrected chi connectivity index (χ2v) is 4.16. The summed E-state index contributed by atoms with van der Waals surface area (Å²) in [5, 5.41) is 3.61. The molecule has 17 heavy (non-hydrogen) atoms. The molecule has 0 spiro atoms. The Morgan fingerprint density at radius 2 is 2.06 bits per heavy atom. The molecule has 0 saturated carbocycles. The molecule has 1 aromatic heterocycles. The summed E-state index contributed by atoms with van der Waals surface area (Å²) in [4.78, 5) is 15.7. The van der Waals surface area contributed by atoms with Gasteiger partial charge in [0, 0.05) is 23.1 Å². The Labute approximate surface area is 108 Å². The number of rotatable bonds is 2. The minimum atomic E-state index is -0.314. The van der Waals surface area contributed by atoms with Crippen LogP contribution in [0.25, 0.3) is 0 Å². The highest BCUT2D eigenvalue weighted by atomic mass is 35.5. The lowest BCUT2D eigenvalue weighted by atomic mass is 10.2. The predicted molar refractivity (Wildman–Crippen MR) is 68.7 cm³/mol. The minimum Gasteiger partial charge on any atom is -0.322 e. The van der Waals surface area contributed by atoms with Crippen molar-refractivity contribution in [2.45, 2.75) is 0 Å². The van der Waals surface area contributed by atoms with Crippen molar-refractivity contribution in [1.29, 1.82) is 0 Å². The van der Waals surface area contributed by atoms with Crippen molar-refractivity contribution in [2.24, 2.45) is 0 Å². The number of halogens is 2. The van der Waals surface area contributed by atoms with Crippen LogP contribution in [0.5, 0.6) is 0 Å². The number of nitrogens with zero attached hydrogens (tertiary/aromatic N) is 1. The minimum absolute atomic E-state index is 0.314. The van der Waals surface area contributed by atoms with Crippen LogP contribution in [0.2, 0.25) is 10.0 Å². The van der Waals surface area contributed by atoms with E-state index < -0.39 is 0 Å². The van der Waals surface area contributed by atoms with Gasteiger partial charge in [0.2, 0.25) is 0 Å². The van der Waals surface area contributed by atoms with Gasteiger partial charge in [0.15, 0.2) is 0 Å². The molecule has 0 aliphatic carbocycles. The fourth-order valence-electron chi connectivity index (χ4n) is 1.31. The van der Waals surface area contributed by atoms with E-state index in [0.717, 1.165) is 0 Å². The van der Waals surface area contributed by atoms with E-state index in [1.54, 1.807) is 30.3 Å². The van der Waals surface area contributed by atoms with E-state index in [2.05, 4.69) is 10.3 Å². The van der Waals surface area contributed by atoms with Crippen LogP contribution in [0, 0.1) is 0 Å². The first-order valence-electron chi connectivity index (χ1n) is 4.83. The van der Waals surface area contributed by atoms with Gasteiger partial charge in [-0.3, -0.25) is 9.78 Å². The average Bonchev–Trinajstić information content (AvgIpc) is 2.29. The standard InChI is InChI=1S/C12H8Cl2N2O/c13-8-2-1-3-9(6-8)16-12(17)10-7-15-5-4-11(10)14/h1-7H,(H,16,17). The first kappa shape index (κ1) is 11.9. The smallest absolute Gasteiger partial charge is 0.258 e.